The lowest BCUT2D eigenvalue weighted by Gasteiger charge is -2.06. The second kappa shape index (κ2) is 5.75. The number of halogens is 1. The predicted octanol–water partition coefficient (Wildman–Crippen LogP) is 3.33. The normalized spacial score (nSPS) is 10.2. The van der Waals surface area contributed by atoms with Crippen molar-refractivity contribution < 1.29 is 19.8 Å². The van der Waals surface area contributed by atoms with Crippen molar-refractivity contribution in [1.82, 2.24) is 0 Å². The number of aromatic carboxylic acids is 2. The Kier molecular flexibility index (Phi) is 4.05. The van der Waals surface area contributed by atoms with Crippen molar-refractivity contribution in [3.63, 3.8) is 0 Å². The highest BCUT2D eigenvalue weighted by Gasteiger charge is 2.11. The number of carboxylic acid groups (broad SMARTS) is 2. The second-order valence-corrected chi connectivity index (χ2v) is 4.77. The Balaban J connectivity index is 2.37. The quantitative estimate of drug-likeness (QED) is 0.906. The topological polar surface area (TPSA) is 74.6 Å². The maximum absolute atomic E-state index is 11.0. The lowest BCUT2D eigenvalue weighted by molar-refractivity contribution is 0.0696. The number of hydrogen-bond acceptors (Lipinski definition) is 2. The second-order valence-electron chi connectivity index (χ2n) is 4.33. The lowest BCUT2D eigenvalue weighted by Crippen LogP contribution is -2.04. The third-order valence-corrected chi connectivity index (χ3v) is 3.06. The highest BCUT2D eigenvalue weighted by molar-refractivity contribution is 6.30. The Bertz CT molecular complexity index is 630. The van der Waals surface area contributed by atoms with Gasteiger partial charge in [0, 0.05) is 5.02 Å². The van der Waals surface area contributed by atoms with Gasteiger partial charge in [-0.2, -0.15) is 0 Å². The summed E-state index contributed by atoms with van der Waals surface area (Å²) in [4.78, 5) is 22.0. The van der Waals surface area contributed by atoms with Crippen LogP contribution in [-0.4, -0.2) is 22.2 Å². The van der Waals surface area contributed by atoms with Crippen molar-refractivity contribution in [2.45, 2.75) is 6.42 Å². The van der Waals surface area contributed by atoms with E-state index in [1.54, 1.807) is 12.1 Å². The van der Waals surface area contributed by atoms with Crippen molar-refractivity contribution in [3.05, 3.63) is 69.7 Å². The highest BCUT2D eigenvalue weighted by Crippen LogP contribution is 2.17. The van der Waals surface area contributed by atoms with Gasteiger partial charge in [-0.05, 0) is 47.9 Å². The molecule has 0 aliphatic rings. The van der Waals surface area contributed by atoms with E-state index >= 15 is 0 Å². The van der Waals surface area contributed by atoms with Crippen LogP contribution in [0.2, 0.25) is 5.02 Å². The van der Waals surface area contributed by atoms with Gasteiger partial charge in [0.2, 0.25) is 0 Å². The number of hydrogen-bond donors (Lipinski definition) is 2. The van der Waals surface area contributed by atoms with Crippen molar-refractivity contribution in [2.75, 3.05) is 0 Å². The van der Waals surface area contributed by atoms with E-state index in [1.807, 2.05) is 12.1 Å². The SMILES string of the molecule is O=C(O)c1cc(Cc2ccc(Cl)cc2)cc(C(=O)O)c1. The summed E-state index contributed by atoms with van der Waals surface area (Å²) in [6.45, 7) is 0. The van der Waals surface area contributed by atoms with Crippen LogP contribution in [0.3, 0.4) is 0 Å². The molecule has 0 saturated carbocycles. The Morgan fingerprint density at radius 3 is 1.80 bits per heavy atom. The van der Waals surface area contributed by atoms with E-state index in [1.165, 1.54) is 12.1 Å². The van der Waals surface area contributed by atoms with Crippen LogP contribution in [0.15, 0.2) is 42.5 Å². The van der Waals surface area contributed by atoms with Crippen LogP contribution < -0.4 is 0 Å². The summed E-state index contributed by atoms with van der Waals surface area (Å²) in [5.74, 6) is -2.30. The largest absolute Gasteiger partial charge is 0.478 e. The zero-order valence-corrected chi connectivity index (χ0v) is 11.1. The van der Waals surface area contributed by atoms with Crippen LogP contribution in [0.5, 0.6) is 0 Å². The van der Waals surface area contributed by atoms with E-state index in [4.69, 9.17) is 21.8 Å². The molecule has 0 radical (unpaired) electrons. The molecule has 2 aromatic carbocycles. The van der Waals surface area contributed by atoms with Crippen LogP contribution >= 0.6 is 11.6 Å². The first kappa shape index (κ1) is 14.1. The smallest absolute Gasteiger partial charge is 0.335 e. The third-order valence-electron chi connectivity index (χ3n) is 2.81. The molecule has 0 aliphatic carbocycles. The summed E-state index contributed by atoms with van der Waals surface area (Å²) in [6.07, 6.45) is 0.443. The summed E-state index contributed by atoms with van der Waals surface area (Å²) in [6, 6.07) is 11.2. The minimum atomic E-state index is -1.15. The van der Waals surface area contributed by atoms with Crippen molar-refractivity contribution in [2.24, 2.45) is 0 Å². The first-order chi connectivity index (χ1) is 9.45. The fourth-order valence-corrected chi connectivity index (χ4v) is 2.00. The molecule has 0 aromatic heterocycles. The molecule has 0 spiro atoms. The molecule has 0 heterocycles. The molecule has 102 valence electrons. The first-order valence-corrected chi connectivity index (χ1v) is 6.18. The number of benzene rings is 2. The Labute approximate surface area is 120 Å². The van der Waals surface area contributed by atoms with E-state index in [-0.39, 0.29) is 11.1 Å². The predicted molar refractivity (Wildman–Crippen MR) is 74.6 cm³/mol. The van der Waals surface area contributed by atoms with E-state index in [0.717, 1.165) is 11.6 Å². The third kappa shape index (κ3) is 3.36. The molecule has 2 aromatic rings. The fourth-order valence-electron chi connectivity index (χ4n) is 1.88. The van der Waals surface area contributed by atoms with Gasteiger partial charge in [-0.3, -0.25) is 0 Å². The summed E-state index contributed by atoms with van der Waals surface area (Å²) in [5.41, 5.74) is 1.49. The lowest BCUT2D eigenvalue weighted by atomic mass is 10.00. The van der Waals surface area contributed by atoms with E-state index in [9.17, 15) is 9.59 Å². The standard InChI is InChI=1S/C15H11ClO4/c16-13-3-1-9(2-4-13)5-10-6-11(14(17)18)8-12(7-10)15(19)20/h1-4,6-8H,5H2,(H,17,18)(H,19,20). The molecule has 5 heteroatoms. The van der Waals surface area contributed by atoms with Gasteiger partial charge in [0.05, 0.1) is 11.1 Å². The Hall–Kier alpha value is -2.33. The molecule has 0 saturated heterocycles. The Morgan fingerprint density at radius 1 is 0.850 bits per heavy atom. The average molecular weight is 291 g/mol. The maximum Gasteiger partial charge on any atom is 0.335 e. The van der Waals surface area contributed by atoms with Crippen LogP contribution in [0.4, 0.5) is 0 Å². The van der Waals surface area contributed by atoms with Gasteiger partial charge in [0.25, 0.3) is 0 Å². The number of carboxylic acids is 2. The number of carbonyl (C=O) groups is 2. The zero-order chi connectivity index (χ0) is 14.7. The molecule has 20 heavy (non-hydrogen) atoms. The van der Waals surface area contributed by atoms with Gasteiger partial charge in [-0.25, -0.2) is 9.59 Å². The number of rotatable bonds is 4. The van der Waals surface area contributed by atoms with Crippen molar-refractivity contribution in [3.8, 4) is 0 Å². The average Bonchev–Trinajstić information content (AvgIpc) is 2.41. The van der Waals surface area contributed by atoms with Crippen LogP contribution in [0.25, 0.3) is 0 Å². The highest BCUT2D eigenvalue weighted by atomic mass is 35.5. The van der Waals surface area contributed by atoms with Gasteiger partial charge in [0.15, 0.2) is 0 Å². The molecular formula is C15H11ClO4. The summed E-state index contributed by atoms with van der Waals surface area (Å²) in [7, 11) is 0. The molecule has 0 bridgehead atoms. The molecule has 0 amide bonds. The van der Waals surface area contributed by atoms with E-state index in [2.05, 4.69) is 0 Å². The van der Waals surface area contributed by atoms with Gasteiger partial charge in [0.1, 0.15) is 0 Å². The van der Waals surface area contributed by atoms with Crippen molar-refractivity contribution in [1.29, 1.82) is 0 Å². The Morgan fingerprint density at radius 2 is 1.35 bits per heavy atom. The minimum Gasteiger partial charge on any atom is -0.478 e. The molecular weight excluding hydrogens is 280 g/mol. The molecule has 4 nitrogen and oxygen atoms in total. The summed E-state index contributed by atoms with van der Waals surface area (Å²) >= 11 is 5.79. The molecule has 2 N–H and O–H groups in total. The van der Waals surface area contributed by atoms with E-state index < -0.39 is 11.9 Å². The molecule has 0 fully saturated rings. The first-order valence-electron chi connectivity index (χ1n) is 5.80. The molecule has 2 rings (SSSR count). The molecule has 0 atom stereocenters. The minimum absolute atomic E-state index is 0.0335. The van der Waals surface area contributed by atoms with Crippen LogP contribution in [-0.2, 0) is 6.42 Å². The van der Waals surface area contributed by atoms with Gasteiger partial charge in [-0.1, -0.05) is 23.7 Å². The van der Waals surface area contributed by atoms with Crippen LogP contribution in [0.1, 0.15) is 31.8 Å². The zero-order valence-electron chi connectivity index (χ0n) is 10.3. The van der Waals surface area contributed by atoms with Crippen molar-refractivity contribution >= 4 is 23.5 Å². The molecule has 0 unspecified atom stereocenters. The fraction of sp³-hybridized carbons (Fsp3) is 0.0667. The van der Waals surface area contributed by atoms with Crippen LogP contribution in [0, 0.1) is 0 Å². The summed E-state index contributed by atoms with van der Waals surface area (Å²) in [5, 5.41) is 18.6. The van der Waals surface area contributed by atoms with Gasteiger partial charge >= 0.3 is 11.9 Å². The molecule has 0 aliphatic heterocycles. The van der Waals surface area contributed by atoms with E-state index in [0.29, 0.717) is 17.0 Å². The van der Waals surface area contributed by atoms with Gasteiger partial charge in [-0.15, -0.1) is 0 Å². The maximum atomic E-state index is 11.0. The summed E-state index contributed by atoms with van der Waals surface area (Å²) < 4.78 is 0. The van der Waals surface area contributed by atoms with Gasteiger partial charge < -0.3 is 10.2 Å². The monoisotopic (exact) mass is 290 g/mol.